The SMILES string of the molecule is Cc1ccc(C(O)c2sccc2Br)o1. The van der Waals surface area contributed by atoms with E-state index in [0.717, 1.165) is 15.1 Å². The Morgan fingerprint density at radius 2 is 2.21 bits per heavy atom. The molecule has 74 valence electrons. The molecule has 1 atom stereocenters. The van der Waals surface area contributed by atoms with Gasteiger partial charge in [-0.05, 0) is 46.4 Å². The number of rotatable bonds is 2. The van der Waals surface area contributed by atoms with Crippen LogP contribution in [0.2, 0.25) is 0 Å². The average molecular weight is 273 g/mol. The Hall–Kier alpha value is -0.580. The summed E-state index contributed by atoms with van der Waals surface area (Å²) in [5.41, 5.74) is 0. The highest BCUT2D eigenvalue weighted by Gasteiger charge is 2.17. The Morgan fingerprint density at radius 1 is 1.43 bits per heavy atom. The van der Waals surface area contributed by atoms with Gasteiger partial charge >= 0.3 is 0 Å². The van der Waals surface area contributed by atoms with Crippen LogP contribution in [0.4, 0.5) is 0 Å². The fourth-order valence-corrected chi connectivity index (χ4v) is 2.81. The van der Waals surface area contributed by atoms with Crippen LogP contribution in [-0.2, 0) is 0 Å². The molecule has 2 rings (SSSR count). The van der Waals surface area contributed by atoms with Crippen LogP contribution >= 0.6 is 27.3 Å². The molecule has 0 aromatic carbocycles. The molecule has 14 heavy (non-hydrogen) atoms. The molecule has 0 bridgehead atoms. The van der Waals surface area contributed by atoms with Gasteiger partial charge in [-0.3, -0.25) is 0 Å². The van der Waals surface area contributed by atoms with Crippen molar-refractivity contribution in [1.82, 2.24) is 0 Å². The van der Waals surface area contributed by atoms with Crippen molar-refractivity contribution in [2.24, 2.45) is 0 Å². The molecule has 0 radical (unpaired) electrons. The predicted molar refractivity (Wildman–Crippen MR) is 59.5 cm³/mol. The minimum absolute atomic E-state index is 0.589. The van der Waals surface area contributed by atoms with Crippen molar-refractivity contribution in [1.29, 1.82) is 0 Å². The number of aliphatic hydroxyl groups excluding tert-OH is 1. The third kappa shape index (κ3) is 1.78. The summed E-state index contributed by atoms with van der Waals surface area (Å²) in [4.78, 5) is 0.874. The number of thiophene rings is 1. The third-order valence-corrected chi connectivity index (χ3v) is 3.85. The van der Waals surface area contributed by atoms with Crippen molar-refractivity contribution in [3.05, 3.63) is 44.4 Å². The Labute approximate surface area is 94.3 Å². The van der Waals surface area contributed by atoms with Crippen LogP contribution in [0.15, 0.2) is 32.5 Å². The quantitative estimate of drug-likeness (QED) is 0.908. The minimum atomic E-state index is -0.668. The molecule has 0 saturated heterocycles. The maximum absolute atomic E-state index is 9.96. The van der Waals surface area contributed by atoms with Gasteiger partial charge in [-0.15, -0.1) is 11.3 Å². The van der Waals surface area contributed by atoms with Crippen molar-refractivity contribution >= 4 is 27.3 Å². The summed E-state index contributed by atoms with van der Waals surface area (Å²) in [5, 5.41) is 11.9. The highest BCUT2D eigenvalue weighted by atomic mass is 79.9. The van der Waals surface area contributed by atoms with Gasteiger partial charge in [0.05, 0.1) is 4.88 Å². The number of aryl methyl sites for hydroxylation is 1. The number of furan rings is 1. The van der Waals surface area contributed by atoms with Crippen molar-refractivity contribution in [3.8, 4) is 0 Å². The molecule has 0 fully saturated rings. The van der Waals surface area contributed by atoms with E-state index in [1.165, 1.54) is 11.3 Å². The van der Waals surface area contributed by atoms with E-state index in [1.807, 2.05) is 24.4 Å². The van der Waals surface area contributed by atoms with E-state index >= 15 is 0 Å². The summed E-state index contributed by atoms with van der Waals surface area (Å²) in [5.74, 6) is 1.40. The zero-order valence-corrected chi connectivity index (χ0v) is 9.93. The lowest BCUT2D eigenvalue weighted by atomic mass is 10.2. The summed E-state index contributed by atoms with van der Waals surface area (Å²) >= 11 is 4.88. The van der Waals surface area contributed by atoms with Crippen molar-refractivity contribution < 1.29 is 9.52 Å². The number of halogens is 1. The molecule has 0 aliphatic rings. The summed E-state index contributed by atoms with van der Waals surface area (Å²) < 4.78 is 6.28. The fourth-order valence-electron chi connectivity index (χ4n) is 1.23. The molecule has 2 aromatic heterocycles. The Balaban J connectivity index is 2.33. The maximum Gasteiger partial charge on any atom is 0.147 e. The van der Waals surface area contributed by atoms with Crippen molar-refractivity contribution in [3.63, 3.8) is 0 Å². The first-order valence-corrected chi connectivity index (χ1v) is 5.83. The van der Waals surface area contributed by atoms with Gasteiger partial charge in [-0.2, -0.15) is 0 Å². The van der Waals surface area contributed by atoms with Gasteiger partial charge in [-0.1, -0.05) is 0 Å². The van der Waals surface area contributed by atoms with Crippen molar-refractivity contribution in [2.75, 3.05) is 0 Å². The smallest absolute Gasteiger partial charge is 0.147 e. The van der Waals surface area contributed by atoms with Gasteiger partial charge in [0.1, 0.15) is 17.6 Å². The normalized spacial score (nSPS) is 13.1. The van der Waals surface area contributed by atoms with Gasteiger partial charge in [0.15, 0.2) is 0 Å². The molecule has 0 aliphatic carbocycles. The van der Waals surface area contributed by atoms with Gasteiger partial charge in [0, 0.05) is 4.47 Å². The van der Waals surface area contributed by atoms with Crippen molar-refractivity contribution in [2.45, 2.75) is 13.0 Å². The standard InChI is InChI=1S/C10H9BrO2S/c1-6-2-3-8(13-6)9(12)10-7(11)4-5-14-10/h2-5,9,12H,1H3. The van der Waals surface area contributed by atoms with E-state index in [2.05, 4.69) is 15.9 Å². The Bertz CT molecular complexity index is 433. The number of hydrogen-bond donors (Lipinski definition) is 1. The molecule has 1 unspecified atom stereocenters. The highest BCUT2D eigenvalue weighted by molar-refractivity contribution is 9.10. The third-order valence-electron chi connectivity index (χ3n) is 1.92. The van der Waals surface area contributed by atoms with Crippen LogP contribution in [-0.4, -0.2) is 5.11 Å². The van der Waals surface area contributed by atoms with Crippen LogP contribution < -0.4 is 0 Å². The molecule has 0 saturated carbocycles. The minimum Gasteiger partial charge on any atom is -0.463 e. The van der Waals surface area contributed by atoms with Gasteiger partial charge in [0.25, 0.3) is 0 Å². The first-order chi connectivity index (χ1) is 6.68. The zero-order chi connectivity index (χ0) is 10.1. The summed E-state index contributed by atoms with van der Waals surface area (Å²) in [7, 11) is 0. The lowest BCUT2D eigenvalue weighted by molar-refractivity contribution is 0.190. The van der Waals surface area contributed by atoms with Crippen LogP contribution in [0.25, 0.3) is 0 Å². The second-order valence-corrected chi connectivity index (χ2v) is 4.79. The summed E-state index contributed by atoms with van der Waals surface area (Å²) in [6, 6.07) is 5.56. The van der Waals surface area contributed by atoms with Gasteiger partial charge < -0.3 is 9.52 Å². The van der Waals surface area contributed by atoms with E-state index in [-0.39, 0.29) is 0 Å². The second-order valence-electron chi connectivity index (χ2n) is 2.98. The van der Waals surface area contributed by atoms with E-state index in [0.29, 0.717) is 5.76 Å². The zero-order valence-electron chi connectivity index (χ0n) is 7.53. The molecule has 2 nitrogen and oxygen atoms in total. The highest BCUT2D eigenvalue weighted by Crippen LogP contribution is 2.33. The van der Waals surface area contributed by atoms with E-state index in [1.54, 1.807) is 6.07 Å². The lowest BCUT2D eigenvalue weighted by Gasteiger charge is -2.05. The van der Waals surface area contributed by atoms with Crippen LogP contribution in [0, 0.1) is 6.92 Å². The molecule has 0 aliphatic heterocycles. The molecule has 1 N–H and O–H groups in total. The fraction of sp³-hybridized carbons (Fsp3) is 0.200. The molecular formula is C10H9BrO2S. The van der Waals surface area contributed by atoms with Crippen LogP contribution in [0.1, 0.15) is 22.5 Å². The van der Waals surface area contributed by atoms with E-state index in [9.17, 15) is 5.11 Å². The van der Waals surface area contributed by atoms with Gasteiger partial charge in [0.2, 0.25) is 0 Å². The van der Waals surface area contributed by atoms with E-state index < -0.39 is 6.10 Å². The summed E-state index contributed by atoms with van der Waals surface area (Å²) in [6.45, 7) is 1.86. The van der Waals surface area contributed by atoms with Crippen LogP contribution in [0.5, 0.6) is 0 Å². The number of aliphatic hydroxyl groups is 1. The Kier molecular flexibility index (Phi) is 2.76. The topological polar surface area (TPSA) is 33.4 Å². The molecule has 0 spiro atoms. The van der Waals surface area contributed by atoms with Gasteiger partial charge in [-0.25, -0.2) is 0 Å². The summed E-state index contributed by atoms with van der Waals surface area (Å²) in [6.07, 6.45) is -0.668. The van der Waals surface area contributed by atoms with Crippen LogP contribution in [0.3, 0.4) is 0 Å². The second kappa shape index (κ2) is 3.88. The first-order valence-electron chi connectivity index (χ1n) is 4.16. The number of hydrogen-bond acceptors (Lipinski definition) is 3. The van der Waals surface area contributed by atoms with E-state index in [4.69, 9.17) is 4.42 Å². The molecular weight excluding hydrogens is 264 g/mol. The monoisotopic (exact) mass is 272 g/mol. The predicted octanol–water partition coefficient (Wildman–Crippen LogP) is 3.49. The largest absolute Gasteiger partial charge is 0.463 e. The molecule has 2 aromatic rings. The Morgan fingerprint density at radius 3 is 2.71 bits per heavy atom. The lowest BCUT2D eigenvalue weighted by Crippen LogP contribution is -1.95. The maximum atomic E-state index is 9.96. The first kappa shape index (κ1) is 9.96. The molecule has 2 heterocycles. The molecule has 4 heteroatoms. The molecule has 0 amide bonds. The average Bonchev–Trinajstić information content (AvgIpc) is 2.73.